The van der Waals surface area contributed by atoms with Crippen LogP contribution in [0.2, 0.25) is 0 Å². The van der Waals surface area contributed by atoms with Gasteiger partial charge in [0.05, 0.1) is 10.6 Å². The highest BCUT2D eigenvalue weighted by Gasteiger charge is 2.14. The number of nitrogens with two attached hydrogens (primary N) is 1. The van der Waals surface area contributed by atoms with Gasteiger partial charge in [0.2, 0.25) is 16.0 Å². The van der Waals surface area contributed by atoms with Gasteiger partial charge in [-0.1, -0.05) is 24.8 Å². The maximum Gasteiger partial charge on any atom is 0.238 e. The molecule has 1 fully saturated rings. The molecule has 0 amide bonds. The second kappa shape index (κ2) is 9.93. The maximum atomic E-state index is 11.5. The van der Waals surface area contributed by atoms with Gasteiger partial charge in [-0.15, -0.1) is 0 Å². The van der Waals surface area contributed by atoms with E-state index in [1.54, 1.807) is 18.3 Å². The van der Waals surface area contributed by atoms with E-state index in [0.717, 1.165) is 30.0 Å². The first-order valence-corrected chi connectivity index (χ1v) is 12.2. The maximum absolute atomic E-state index is 11.5. The Hall–Kier alpha value is -3.56. The van der Waals surface area contributed by atoms with Crippen molar-refractivity contribution < 1.29 is 8.42 Å². The summed E-state index contributed by atoms with van der Waals surface area (Å²) in [5.74, 6) is 1.32. The molecule has 2 aromatic rings. The third kappa shape index (κ3) is 5.82. The standard InChI is InChI=1S/C24H26N6O2S/c1-18-22(19-8-13-23(27-17-19)30-15-5-6-16-30)7-3-2-4-14-26-24(28-18)29-20-9-11-21(12-10-20)33(25,31)32/h2-3,7-14,17H,1,4-6,15-16H2,(H,28,29)(H2,25,31,32)/b3-2-,22-7?,26-14?. The summed E-state index contributed by atoms with van der Waals surface area (Å²) in [6.45, 7) is 6.23. The molecule has 4 rings (SSSR count). The smallest absolute Gasteiger partial charge is 0.238 e. The minimum Gasteiger partial charge on any atom is -0.357 e. The first kappa shape index (κ1) is 22.6. The lowest BCUT2D eigenvalue weighted by molar-refractivity contribution is 0.598. The molecule has 170 valence electrons. The highest BCUT2D eigenvalue weighted by atomic mass is 32.2. The number of aromatic nitrogens is 1. The number of sulfonamides is 1. The van der Waals surface area contributed by atoms with Crippen molar-refractivity contribution in [3.8, 4) is 0 Å². The number of hydrogen-bond donors (Lipinski definition) is 2. The molecule has 0 spiro atoms. The molecule has 1 saturated heterocycles. The van der Waals surface area contributed by atoms with Crippen LogP contribution in [0.1, 0.15) is 24.8 Å². The lowest BCUT2D eigenvalue weighted by atomic mass is 10.0. The quantitative estimate of drug-likeness (QED) is 0.719. The summed E-state index contributed by atoms with van der Waals surface area (Å²) >= 11 is 0. The zero-order chi connectivity index (χ0) is 23.3. The van der Waals surface area contributed by atoms with Crippen molar-refractivity contribution in [2.24, 2.45) is 15.1 Å². The van der Waals surface area contributed by atoms with Crippen LogP contribution in [0.25, 0.3) is 5.57 Å². The van der Waals surface area contributed by atoms with Crippen molar-refractivity contribution in [1.82, 2.24) is 4.98 Å². The molecule has 0 unspecified atom stereocenters. The number of nitrogens with one attached hydrogen (secondary N) is 1. The van der Waals surface area contributed by atoms with Crippen molar-refractivity contribution in [3.05, 3.63) is 78.7 Å². The molecule has 0 radical (unpaired) electrons. The van der Waals surface area contributed by atoms with Crippen molar-refractivity contribution in [3.63, 3.8) is 0 Å². The third-order valence-electron chi connectivity index (χ3n) is 5.33. The molecule has 0 bridgehead atoms. The Kier molecular flexibility index (Phi) is 6.81. The van der Waals surface area contributed by atoms with Crippen LogP contribution < -0.4 is 15.4 Å². The van der Waals surface area contributed by atoms with Gasteiger partial charge in [-0.2, -0.15) is 0 Å². The number of nitrogens with zero attached hydrogens (tertiary/aromatic N) is 4. The summed E-state index contributed by atoms with van der Waals surface area (Å²) in [5.41, 5.74) is 2.91. The van der Waals surface area contributed by atoms with Crippen LogP contribution >= 0.6 is 0 Å². The Morgan fingerprint density at radius 3 is 2.48 bits per heavy atom. The largest absolute Gasteiger partial charge is 0.357 e. The molecule has 0 aliphatic carbocycles. The van der Waals surface area contributed by atoms with Gasteiger partial charge >= 0.3 is 0 Å². The van der Waals surface area contributed by atoms with Gasteiger partial charge in [-0.3, -0.25) is 0 Å². The summed E-state index contributed by atoms with van der Waals surface area (Å²) in [5, 5.41) is 8.27. The number of allylic oxidation sites excluding steroid dienone is 4. The van der Waals surface area contributed by atoms with Crippen LogP contribution in [0.15, 0.2) is 88.0 Å². The number of benzene rings is 1. The molecular weight excluding hydrogens is 436 g/mol. The van der Waals surface area contributed by atoms with Crippen molar-refractivity contribution in [2.75, 3.05) is 23.3 Å². The van der Waals surface area contributed by atoms with E-state index < -0.39 is 10.0 Å². The third-order valence-corrected chi connectivity index (χ3v) is 6.26. The molecule has 2 aliphatic heterocycles. The average molecular weight is 463 g/mol. The van der Waals surface area contributed by atoms with Crippen LogP contribution in [-0.4, -0.2) is 38.7 Å². The van der Waals surface area contributed by atoms with E-state index >= 15 is 0 Å². The van der Waals surface area contributed by atoms with E-state index in [1.807, 2.05) is 36.6 Å². The number of aliphatic imine (C=N–C) groups is 2. The molecule has 9 heteroatoms. The summed E-state index contributed by atoms with van der Waals surface area (Å²) < 4.78 is 23.0. The summed E-state index contributed by atoms with van der Waals surface area (Å²) in [6, 6.07) is 10.1. The average Bonchev–Trinajstić information content (AvgIpc) is 3.33. The summed E-state index contributed by atoms with van der Waals surface area (Å²) in [7, 11) is -3.75. The molecule has 2 aliphatic rings. The van der Waals surface area contributed by atoms with E-state index in [0.29, 0.717) is 23.8 Å². The zero-order valence-electron chi connectivity index (χ0n) is 18.2. The SMILES string of the molecule is C=C1N=C(Nc2ccc(S(N)(=O)=O)cc2)N=CC/C=C\C=C1c1ccc(N2CCCC2)nc1. The molecule has 0 saturated carbocycles. The van der Waals surface area contributed by atoms with Crippen LogP contribution in [0.3, 0.4) is 0 Å². The molecule has 0 atom stereocenters. The number of anilines is 2. The second-order valence-electron chi connectivity index (χ2n) is 7.73. The van der Waals surface area contributed by atoms with Gasteiger partial charge in [0.25, 0.3) is 0 Å². The Bertz CT molecular complexity index is 1240. The normalized spacial score (nSPS) is 18.0. The van der Waals surface area contributed by atoms with Gasteiger partial charge in [0.1, 0.15) is 5.82 Å². The van der Waals surface area contributed by atoms with E-state index in [9.17, 15) is 8.42 Å². The summed E-state index contributed by atoms with van der Waals surface area (Å²) in [4.78, 5) is 16.0. The van der Waals surface area contributed by atoms with Crippen LogP contribution in [0.5, 0.6) is 0 Å². The monoisotopic (exact) mass is 462 g/mol. The van der Waals surface area contributed by atoms with Crippen LogP contribution in [-0.2, 0) is 10.0 Å². The highest BCUT2D eigenvalue weighted by Crippen LogP contribution is 2.26. The minimum absolute atomic E-state index is 0.0362. The van der Waals surface area contributed by atoms with E-state index in [-0.39, 0.29) is 4.90 Å². The van der Waals surface area contributed by atoms with Crippen molar-refractivity contribution >= 4 is 39.3 Å². The number of guanidine groups is 1. The Morgan fingerprint density at radius 2 is 1.82 bits per heavy atom. The number of primary sulfonamides is 1. The van der Waals surface area contributed by atoms with Crippen LogP contribution in [0.4, 0.5) is 11.5 Å². The van der Waals surface area contributed by atoms with Gasteiger partial charge < -0.3 is 10.2 Å². The topological polar surface area (TPSA) is 113 Å². The van der Waals surface area contributed by atoms with Crippen molar-refractivity contribution in [2.45, 2.75) is 24.2 Å². The van der Waals surface area contributed by atoms with Gasteiger partial charge in [0, 0.05) is 48.7 Å². The Labute approximate surface area is 194 Å². The zero-order valence-corrected chi connectivity index (χ0v) is 19.0. The fourth-order valence-corrected chi connectivity index (χ4v) is 4.13. The number of hydrogen-bond acceptors (Lipinski definition) is 7. The van der Waals surface area contributed by atoms with E-state index in [2.05, 4.69) is 31.8 Å². The lowest BCUT2D eigenvalue weighted by Gasteiger charge is -2.17. The minimum atomic E-state index is -3.75. The Morgan fingerprint density at radius 1 is 1.06 bits per heavy atom. The number of pyridine rings is 1. The van der Waals surface area contributed by atoms with Gasteiger partial charge in [-0.25, -0.2) is 28.5 Å². The molecule has 1 aromatic carbocycles. The molecule has 33 heavy (non-hydrogen) atoms. The summed E-state index contributed by atoms with van der Waals surface area (Å²) in [6.07, 6.45) is 12.5. The predicted octanol–water partition coefficient (Wildman–Crippen LogP) is 3.73. The first-order valence-electron chi connectivity index (χ1n) is 10.7. The molecule has 3 N–H and O–H groups in total. The van der Waals surface area contributed by atoms with E-state index in [4.69, 9.17) is 5.14 Å². The van der Waals surface area contributed by atoms with Gasteiger partial charge in [0.15, 0.2) is 0 Å². The molecule has 8 nitrogen and oxygen atoms in total. The fourth-order valence-electron chi connectivity index (χ4n) is 3.61. The first-order chi connectivity index (χ1) is 15.9. The number of rotatable bonds is 4. The predicted molar refractivity (Wildman–Crippen MR) is 134 cm³/mol. The van der Waals surface area contributed by atoms with Crippen LogP contribution in [0, 0.1) is 0 Å². The molecule has 1 aromatic heterocycles. The fraction of sp³-hybridized carbons (Fsp3) is 0.208. The second-order valence-corrected chi connectivity index (χ2v) is 9.29. The van der Waals surface area contributed by atoms with E-state index in [1.165, 1.54) is 25.0 Å². The lowest BCUT2D eigenvalue weighted by Crippen LogP contribution is -2.18. The van der Waals surface area contributed by atoms with Gasteiger partial charge in [-0.05, 0) is 49.2 Å². The molecule has 3 heterocycles. The molecular formula is C24H26N6O2S. The highest BCUT2D eigenvalue weighted by molar-refractivity contribution is 7.89. The Balaban J connectivity index is 1.57. The van der Waals surface area contributed by atoms with Crippen molar-refractivity contribution in [1.29, 1.82) is 0 Å².